The summed E-state index contributed by atoms with van der Waals surface area (Å²) in [6.07, 6.45) is 9.17. The summed E-state index contributed by atoms with van der Waals surface area (Å²) in [5.41, 5.74) is 6.07. The van der Waals surface area contributed by atoms with E-state index in [0.717, 1.165) is 57.7 Å². The number of urea groups is 1. The molecule has 0 atom stereocenters. The summed E-state index contributed by atoms with van der Waals surface area (Å²) in [6.45, 7) is 7.74. The highest BCUT2D eigenvalue weighted by atomic mass is 16.2. The molecule has 2 aliphatic rings. The van der Waals surface area contributed by atoms with Gasteiger partial charge in [-0.2, -0.15) is 0 Å². The van der Waals surface area contributed by atoms with Crippen molar-refractivity contribution in [3.8, 4) is 0 Å². The van der Waals surface area contributed by atoms with Gasteiger partial charge in [-0.25, -0.2) is 4.79 Å². The number of piperidine rings is 1. The molecule has 2 N–H and O–H groups in total. The van der Waals surface area contributed by atoms with Crippen LogP contribution >= 0.6 is 0 Å². The SMILES string of the molecule is CCCN(C(=O)N1CCC(C)CC1)C1(CN)CCCCC1. The van der Waals surface area contributed by atoms with Crippen LogP contribution in [0.3, 0.4) is 0 Å². The van der Waals surface area contributed by atoms with Crippen LogP contribution in [0.5, 0.6) is 0 Å². The maximum Gasteiger partial charge on any atom is 0.320 e. The average Bonchev–Trinajstić information content (AvgIpc) is 2.53. The maximum absolute atomic E-state index is 13.1. The Bertz CT molecular complexity index is 331. The van der Waals surface area contributed by atoms with Crippen LogP contribution in [-0.4, -0.2) is 47.5 Å². The monoisotopic (exact) mass is 295 g/mol. The Kier molecular flexibility index (Phi) is 5.91. The van der Waals surface area contributed by atoms with Gasteiger partial charge in [-0.3, -0.25) is 0 Å². The Morgan fingerprint density at radius 1 is 1.24 bits per heavy atom. The molecule has 0 unspecified atom stereocenters. The first-order valence-corrected chi connectivity index (χ1v) is 8.89. The van der Waals surface area contributed by atoms with E-state index in [1.807, 2.05) is 0 Å². The van der Waals surface area contributed by atoms with Gasteiger partial charge in [0.15, 0.2) is 0 Å². The third kappa shape index (κ3) is 3.71. The van der Waals surface area contributed by atoms with Gasteiger partial charge in [-0.15, -0.1) is 0 Å². The lowest BCUT2D eigenvalue weighted by Crippen LogP contribution is -2.61. The topological polar surface area (TPSA) is 49.6 Å². The summed E-state index contributed by atoms with van der Waals surface area (Å²) < 4.78 is 0. The van der Waals surface area contributed by atoms with E-state index in [0.29, 0.717) is 6.54 Å². The van der Waals surface area contributed by atoms with Gasteiger partial charge < -0.3 is 15.5 Å². The van der Waals surface area contributed by atoms with Crippen molar-refractivity contribution >= 4 is 6.03 Å². The number of carbonyl (C=O) groups is 1. The van der Waals surface area contributed by atoms with E-state index >= 15 is 0 Å². The third-order valence-corrected chi connectivity index (χ3v) is 5.47. The van der Waals surface area contributed by atoms with E-state index < -0.39 is 0 Å². The minimum atomic E-state index is -0.0750. The van der Waals surface area contributed by atoms with Gasteiger partial charge in [0.1, 0.15) is 0 Å². The second-order valence-corrected chi connectivity index (χ2v) is 7.09. The zero-order chi connectivity index (χ0) is 15.3. The molecule has 1 aliphatic carbocycles. The number of carbonyl (C=O) groups excluding carboxylic acids is 1. The number of nitrogens with zero attached hydrogens (tertiary/aromatic N) is 2. The molecule has 0 spiro atoms. The van der Waals surface area contributed by atoms with Crippen LogP contribution in [0, 0.1) is 5.92 Å². The maximum atomic E-state index is 13.1. The molecule has 1 aliphatic heterocycles. The number of rotatable bonds is 4. The molecule has 122 valence electrons. The summed E-state index contributed by atoms with van der Waals surface area (Å²) in [5, 5.41) is 0. The number of amides is 2. The summed E-state index contributed by atoms with van der Waals surface area (Å²) in [4.78, 5) is 17.3. The molecule has 1 saturated heterocycles. The Hall–Kier alpha value is -0.770. The molecule has 2 amide bonds. The van der Waals surface area contributed by atoms with Crippen molar-refractivity contribution < 1.29 is 4.79 Å². The molecule has 0 bridgehead atoms. The zero-order valence-electron chi connectivity index (χ0n) is 13.9. The Labute approximate surface area is 130 Å². The molecule has 0 aromatic rings. The summed E-state index contributed by atoms with van der Waals surface area (Å²) in [5.74, 6) is 0.756. The highest BCUT2D eigenvalue weighted by Crippen LogP contribution is 2.34. The van der Waals surface area contributed by atoms with Gasteiger partial charge in [-0.05, 0) is 38.0 Å². The number of hydrogen-bond donors (Lipinski definition) is 1. The van der Waals surface area contributed by atoms with Crippen LogP contribution in [0.2, 0.25) is 0 Å². The van der Waals surface area contributed by atoms with Crippen LogP contribution in [0.15, 0.2) is 0 Å². The Morgan fingerprint density at radius 3 is 2.38 bits per heavy atom. The normalized spacial score (nSPS) is 23.1. The van der Waals surface area contributed by atoms with Gasteiger partial charge in [-0.1, -0.05) is 33.1 Å². The van der Waals surface area contributed by atoms with Gasteiger partial charge in [0.2, 0.25) is 0 Å². The lowest BCUT2D eigenvalue weighted by Gasteiger charge is -2.48. The van der Waals surface area contributed by atoms with Gasteiger partial charge >= 0.3 is 6.03 Å². The van der Waals surface area contributed by atoms with Crippen LogP contribution in [-0.2, 0) is 0 Å². The molecule has 4 nitrogen and oxygen atoms in total. The van der Waals surface area contributed by atoms with E-state index in [4.69, 9.17) is 5.73 Å². The average molecular weight is 295 g/mol. The van der Waals surface area contributed by atoms with Gasteiger partial charge in [0.05, 0.1) is 5.54 Å². The van der Waals surface area contributed by atoms with Crippen molar-refractivity contribution in [1.29, 1.82) is 0 Å². The Morgan fingerprint density at radius 2 is 1.86 bits per heavy atom. The second-order valence-electron chi connectivity index (χ2n) is 7.09. The predicted molar refractivity (Wildman–Crippen MR) is 87.2 cm³/mol. The number of nitrogens with two attached hydrogens (primary N) is 1. The minimum absolute atomic E-state index is 0.0750. The molecule has 0 radical (unpaired) electrons. The van der Waals surface area contributed by atoms with Crippen molar-refractivity contribution in [2.45, 2.75) is 70.8 Å². The first-order chi connectivity index (χ1) is 10.1. The van der Waals surface area contributed by atoms with Crippen molar-refractivity contribution in [2.75, 3.05) is 26.2 Å². The van der Waals surface area contributed by atoms with Crippen molar-refractivity contribution in [3.05, 3.63) is 0 Å². The van der Waals surface area contributed by atoms with E-state index in [2.05, 4.69) is 23.6 Å². The minimum Gasteiger partial charge on any atom is -0.328 e. The molecule has 0 aromatic carbocycles. The quantitative estimate of drug-likeness (QED) is 0.866. The number of likely N-dealkylation sites (tertiary alicyclic amines) is 1. The van der Waals surface area contributed by atoms with E-state index in [-0.39, 0.29) is 11.6 Å². The summed E-state index contributed by atoms with van der Waals surface area (Å²) in [7, 11) is 0. The predicted octanol–water partition coefficient (Wildman–Crippen LogP) is 3.21. The van der Waals surface area contributed by atoms with Crippen molar-refractivity contribution in [2.24, 2.45) is 11.7 Å². The molecule has 21 heavy (non-hydrogen) atoms. The van der Waals surface area contributed by atoms with E-state index in [1.165, 1.54) is 19.3 Å². The van der Waals surface area contributed by atoms with Crippen molar-refractivity contribution in [3.63, 3.8) is 0 Å². The van der Waals surface area contributed by atoms with E-state index in [1.54, 1.807) is 0 Å². The van der Waals surface area contributed by atoms with Crippen LogP contribution in [0.4, 0.5) is 4.79 Å². The lowest BCUT2D eigenvalue weighted by molar-refractivity contribution is 0.0555. The van der Waals surface area contributed by atoms with Crippen LogP contribution in [0.1, 0.15) is 65.2 Å². The number of hydrogen-bond acceptors (Lipinski definition) is 2. The fourth-order valence-electron chi connectivity index (χ4n) is 3.92. The van der Waals surface area contributed by atoms with Gasteiger partial charge in [0, 0.05) is 26.2 Å². The fraction of sp³-hybridized carbons (Fsp3) is 0.941. The molecule has 1 saturated carbocycles. The zero-order valence-corrected chi connectivity index (χ0v) is 13.9. The molecule has 2 fully saturated rings. The smallest absolute Gasteiger partial charge is 0.320 e. The first-order valence-electron chi connectivity index (χ1n) is 8.89. The molecule has 2 rings (SSSR count). The lowest BCUT2D eigenvalue weighted by atomic mass is 9.80. The largest absolute Gasteiger partial charge is 0.328 e. The molecule has 4 heteroatoms. The van der Waals surface area contributed by atoms with Crippen molar-refractivity contribution in [1.82, 2.24) is 9.80 Å². The first kappa shape index (κ1) is 16.6. The van der Waals surface area contributed by atoms with Gasteiger partial charge in [0.25, 0.3) is 0 Å². The summed E-state index contributed by atoms with van der Waals surface area (Å²) >= 11 is 0. The van der Waals surface area contributed by atoms with Crippen LogP contribution < -0.4 is 5.73 Å². The molecular weight excluding hydrogens is 262 g/mol. The standard InChI is InChI=1S/C17H33N3O/c1-3-11-20(17(14-18)9-5-4-6-10-17)16(21)19-12-7-15(2)8-13-19/h15H,3-14,18H2,1-2H3. The summed E-state index contributed by atoms with van der Waals surface area (Å²) in [6, 6.07) is 0.246. The van der Waals surface area contributed by atoms with Crippen LogP contribution in [0.25, 0.3) is 0 Å². The highest BCUT2D eigenvalue weighted by molar-refractivity contribution is 5.75. The molecule has 1 heterocycles. The molecule has 0 aromatic heterocycles. The Balaban J connectivity index is 2.11. The third-order valence-electron chi connectivity index (χ3n) is 5.47. The van der Waals surface area contributed by atoms with E-state index in [9.17, 15) is 4.79 Å². The second kappa shape index (κ2) is 7.48. The molecular formula is C17H33N3O. The fourth-order valence-corrected chi connectivity index (χ4v) is 3.92. The highest BCUT2D eigenvalue weighted by Gasteiger charge is 2.40.